The van der Waals surface area contributed by atoms with Gasteiger partial charge in [0.05, 0.1) is 6.54 Å². The zero-order chi connectivity index (χ0) is 13.5. The van der Waals surface area contributed by atoms with Crippen molar-refractivity contribution in [1.82, 2.24) is 10.3 Å². The van der Waals surface area contributed by atoms with E-state index in [4.69, 9.17) is 0 Å². The molecule has 98 valence electrons. The lowest BCUT2D eigenvalue weighted by Crippen LogP contribution is -2.21. The Morgan fingerprint density at radius 1 is 1.37 bits per heavy atom. The quantitative estimate of drug-likeness (QED) is 0.908. The van der Waals surface area contributed by atoms with Crippen molar-refractivity contribution in [2.45, 2.75) is 19.9 Å². The van der Waals surface area contributed by atoms with Gasteiger partial charge in [0, 0.05) is 17.5 Å². The van der Waals surface area contributed by atoms with Crippen molar-refractivity contribution in [3.63, 3.8) is 0 Å². The minimum Gasteiger partial charge on any atom is -0.349 e. The molecule has 0 saturated heterocycles. The number of aryl methyl sites for hydroxylation is 1. The van der Waals surface area contributed by atoms with Gasteiger partial charge >= 0.3 is 0 Å². The number of aromatic nitrogens is 1. The van der Waals surface area contributed by atoms with Gasteiger partial charge in [-0.25, -0.2) is 4.98 Å². The summed E-state index contributed by atoms with van der Waals surface area (Å²) >= 11 is 1.57. The van der Waals surface area contributed by atoms with E-state index in [-0.39, 0.29) is 5.91 Å². The SMILES string of the molecule is Cc1csc(CNC(=O)C/C=C/c2ccccc2)n1. The van der Waals surface area contributed by atoms with Crippen molar-refractivity contribution in [2.75, 3.05) is 0 Å². The first-order valence-electron chi connectivity index (χ1n) is 6.13. The maximum Gasteiger partial charge on any atom is 0.224 e. The number of hydrogen-bond donors (Lipinski definition) is 1. The van der Waals surface area contributed by atoms with Gasteiger partial charge in [-0.15, -0.1) is 11.3 Å². The molecule has 0 spiro atoms. The van der Waals surface area contributed by atoms with E-state index in [1.54, 1.807) is 11.3 Å². The molecule has 0 fully saturated rings. The van der Waals surface area contributed by atoms with Gasteiger partial charge in [0.2, 0.25) is 5.91 Å². The Balaban J connectivity index is 1.74. The summed E-state index contributed by atoms with van der Waals surface area (Å²) in [5.74, 6) is 0.0139. The van der Waals surface area contributed by atoms with E-state index >= 15 is 0 Å². The summed E-state index contributed by atoms with van der Waals surface area (Å²) in [4.78, 5) is 15.9. The second kappa shape index (κ2) is 6.85. The van der Waals surface area contributed by atoms with E-state index in [9.17, 15) is 4.79 Å². The van der Waals surface area contributed by atoms with Crippen molar-refractivity contribution in [2.24, 2.45) is 0 Å². The van der Waals surface area contributed by atoms with E-state index in [1.807, 2.05) is 54.8 Å². The molecule has 0 bridgehead atoms. The molecule has 4 heteroatoms. The first kappa shape index (κ1) is 13.5. The van der Waals surface area contributed by atoms with Crippen LogP contribution in [0.3, 0.4) is 0 Å². The Bertz CT molecular complexity index is 561. The minimum atomic E-state index is 0.0139. The van der Waals surface area contributed by atoms with Crippen molar-refractivity contribution < 1.29 is 4.79 Å². The lowest BCUT2D eigenvalue weighted by Gasteiger charge is -1.99. The van der Waals surface area contributed by atoms with Crippen LogP contribution in [0.25, 0.3) is 6.08 Å². The van der Waals surface area contributed by atoms with E-state index in [1.165, 1.54) is 0 Å². The number of benzene rings is 1. The number of nitrogens with one attached hydrogen (secondary N) is 1. The van der Waals surface area contributed by atoms with Crippen molar-refractivity contribution in [3.05, 3.63) is 58.1 Å². The molecular formula is C15H16N2OS. The highest BCUT2D eigenvalue weighted by atomic mass is 32.1. The van der Waals surface area contributed by atoms with Crippen molar-refractivity contribution in [3.8, 4) is 0 Å². The van der Waals surface area contributed by atoms with E-state index in [2.05, 4.69) is 10.3 Å². The number of thiazole rings is 1. The van der Waals surface area contributed by atoms with Crippen LogP contribution in [0.15, 0.2) is 41.8 Å². The number of hydrogen-bond acceptors (Lipinski definition) is 3. The predicted octanol–water partition coefficient (Wildman–Crippen LogP) is 3.17. The summed E-state index contributed by atoms with van der Waals surface area (Å²) in [7, 11) is 0. The number of nitrogens with zero attached hydrogens (tertiary/aromatic N) is 1. The summed E-state index contributed by atoms with van der Waals surface area (Å²) in [5.41, 5.74) is 2.10. The molecular weight excluding hydrogens is 256 g/mol. The molecule has 1 heterocycles. The predicted molar refractivity (Wildman–Crippen MR) is 78.8 cm³/mol. The Morgan fingerprint density at radius 3 is 2.84 bits per heavy atom. The molecule has 1 amide bonds. The maximum absolute atomic E-state index is 11.6. The third-order valence-electron chi connectivity index (χ3n) is 2.52. The molecule has 1 N–H and O–H groups in total. The fraction of sp³-hybridized carbons (Fsp3) is 0.200. The topological polar surface area (TPSA) is 42.0 Å². The molecule has 0 atom stereocenters. The molecule has 19 heavy (non-hydrogen) atoms. The largest absolute Gasteiger partial charge is 0.349 e. The molecule has 0 aliphatic rings. The van der Waals surface area contributed by atoms with Gasteiger partial charge in [0.25, 0.3) is 0 Å². The van der Waals surface area contributed by atoms with Gasteiger partial charge in [0.15, 0.2) is 0 Å². The molecule has 2 rings (SSSR count). The molecule has 2 aromatic rings. The normalized spacial score (nSPS) is 10.8. The highest BCUT2D eigenvalue weighted by Gasteiger charge is 2.01. The fourth-order valence-electron chi connectivity index (χ4n) is 1.60. The highest BCUT2D eigenvalue weighted by molar-refractivity contribution is 7.09. The lowest BCUT2D eigenvalue weighted by molar-refractivity contribution is -0.120. The Morgan fingerprint density at radius 2 is 2.16 bits per heavy atom. The molecule has 0 aliphatic heterocycles. The molecule has 0 unspecified atom stereocenters. The van der Waals surface area contributed by atoms with Crippen molar-refractivity contribution >= 4 is 23.3 Å². The smallest absolute Gasteiger partial charge is 0.224 e. The van der Waals surface area contributed by atoms with Crippen LogP contribution in [0.5, 0.6) is 0 Å². The van der Waals surface area contributed by atoms with Gasteiger partial charge in [-0.2, -0.15) is 0 Å². The molecule has 1 aromatic heterocycles. The summed E-state index contributed by atoms with van der Waals surface area (Å²) in [6.07, 6.45) is 4.21. The number of carbonyl (C=O) groups excluding carboxylic acids is 1. The Labute approximate surface area is 117 Å². The summed E-state index contributed by atoms with van der Waals surface area (Å²) in [5, 5.41) is 5.78. The third-order valence-corrected chi connectivity index (χ3v) is 3.48. The first-order valence-corrected chi connectivity index (χ1v) is 7.01. The number of amides is 1. The van der Waals surface area contributed by atoms with E-state index in [0.717, 1.165) is 16.3 Å². The number of rotatable bonds is 5. The maximum atomic E-state index is 11.6. The van der Waals surface area contributed by atoms with E-state index < -0.39 is 0 Å². The Hall–Kier alpha value is -1.94. The van der Waals surface area contributed by atoms with Crippen LogP contribution in [0.1, 0.15) is 22.7 Å². The molecule has 0 radical (unpaired) electrons. The molecule has 3 nitrogen and oxygen atoms in total. The summed E-state index contributed by atoms with van der Waals surface area (Å²) < 4.78 is 0. The molecule has 0 saturated carbocycles. The average molecular weight is 272 g/mol. The standard InChI is InChI=1S/C15H16N2OS/c1-12-11-19-15(17-12)10-16-14(18)9-5-8-13-6-3-2-4-7-13/h2-8,11H,9-10H2,1H3,(H,16,18)/b8-5+. The average Bonchev–Trinajstić information content (AvgIpc) is 2.83. The molecule has 1 aromatic carbocycles. The van der Waals surface area contributed by atoms with Gasteiger partial charge in [0.1, 0.15) is 5.01 Å². The third kappa shape index (κ3) is 4.67. The first-order chi connectivity index (χ1) is 9.24. The zero-order valence-corrected chi connectivity index (χ0v) is 11.6. The van der Waals surface area contributed by atoms with Crippen LogP contribution in [0.4, 0.5) is 0 Å². The van der Waals surface area contributed by atoms with E-state index in [0.29, 0.717) is 13.0 Å². The van der Waals surface area contributed by atoms with Crippen molar-refractivity contribution in [1.29, 1.82) is 0 Å². The van der Waals surface area contributed by atoms with Crippen LogP contribution in [0, 0.1) is 6.92 Å². The van der Waals surface area contributed by atoms with Crippen LogP contribution in [-0.4, -0.2) is 10.9 Å². The van der Waals surface area contributed by atoms with Gasteiger partial charge in [-0.1, -0.05) is 42.5 Å². The summed E-state index contributed by atoms with van der Waals surface area (Å²) in [6.45, 7) is 2.46. The zero-order valence-electron chi connectivity index (χ0n) is 10.8. The second-order valence-electron chi connectivity index (χ2n) is 4.18. The minimum absolute atomic E-state index is 0.0139. The lowest BCUT2D eigenvalue weighted by atomic mass is 10.2. The van der Waals surface area contributed by atoms with Gasteiger partial charge in [-0.05, 0) is 12.5 Å². The van der Waals surface area contributed by atoms with Crippen LogP contribution >= 0.6 is 11.3 Å². The van der Waals surface area contributed by atoms with Crippen LogP contribution < -0.4 is 5.32 Å². The highest BCUT2D eigenvalue weighted by Crippen LogP contribution is 2.08. The molecule has 0 aliphatic carbocycles. The Kier molecular flexibility index (Phi) is 4.86. The second-order valence-corrected chi connectivity index (χ2v) is 5.12. The fourth-order valence-corrected chi connectivity index (χ4v) is 2.31. The van der Waals surface area contributed by atoms with Crippen LogP contribution in [-0.2, 0) is 11.3 Å². The van der Waals surface area contributed by atoms with Gasteiger partial charge in [-0.3, -0.25) is 4.79 Å². The van der Waals surface area contributed by atoms with Crippen LogP contribution in [0.2, 0.25) is 0 Å². The van der Waals surface area contributed by atoms with Gasteiger partial charge < -0.3 is 5.32 Å². The number of carbonyl (C=O) groups is 1. The monoisotopic (exact) mass is 272 g/mol. The summed E-state index contributed by atoms with van der Waals surface area (Å²) in [6, 6.07) is 9.94.